The summed E-state index contributed by atoms with van der Waals surface area (Å²) in [6.45, 7) is 6.86. The molecule has 1 aliphatic heterocycles. The van der Waals surface area contributed by atoms with Crippen molar-refractivity contribution in [2.75, 3.05) is 0 Å². The van der Waals surface area contributed by atoms with Gasteiger partial charge in [0, 0.05) is 11.0 Å². The van der Waals surface area contributed by atoms with Crippen LogP contribution in [0.4, 0.5) is 0 Å². The number of benzene rings is 1. The average Bonchev–Trinajstić information content (AvgIpc) is 2.95. The van der Waals surface area contributed by atoms with Gasteiger partial charge in [0.15, 0.2) is 0 Å². The normalized spacial score (nSPS) is 44.0. The first-order valence-electron chi connectivity index (χ1n) is 7.39. The lowest BCUT2D eigenvalue weighted by Gasteiger charge is -2.48. The van der Waals surface area contributed by atoms with Crippen molar-refractivity contribution in [3.05, 3.63) is 29.3 Å². The van der Waals surface area contributed by atoms with Gasteiger partial charge in [-0.05, 0) is 55.7 Å². The summed E-state index contributed by atoms with van der Waals surface area (Å²) in [5, 5.41) is 9.26. The molecule has 0 amide bonds. The number of carbonyl (C=O) groups is 1. The van der Waals surface area contributed by atoms with Crippen LogP contribution in [0.15, 0.2) is 18.2 Å². The number of hydrogen-bond donors (Lipinski definition) is 1. The van der Waals surface area contributed by atoms with Gasteiger partial charge in [-0.25, -0.2) is 4.79 Å². The van der Waals surface area contributed by atoms with Crippen LogP contribution in [0.2, 0.25) is 0 Å². The summed E-state index contributed by atoms with van der Waals surface area (Å²) in [7, 11) is 0. The third kappa shape index (κ3) is 1.05. The summed E-state index contributed by atoms with van der Waals surface area (Å²) < 4.78 is 6.36. The van der Waals surface area contributed by atoms with Crippen molar-refractivity contribution in [3.8, 4) is 5.75 Å². The second-order valence-corrected chi connectivity index (χ2v) is 7.35. The molecule has 4 unspecified atom stereocenters. The highest BCUT2D eigenvalue weighted by Crippen LogP contribution is 2.73. The predicted octanol–water partition coefficient (Wildman–Crippen LogP) is 3.61. The number of hydrogen-bond acceptors (Lipinski definition) is 2. The zero-order valence-corrected chi connectivity index (χ0v) is 12.2. The molecule has 20 heavy (non-hydrogen) atoms. The Morgan fingerprint density at radius 3 is 2.80 bits per heavy atom. The van der Waals surface area contributed by atoms with Crippen molar-refractivity contribution in [2.45, 2.75) is 51.0 Å². The van der Waals surface area contributed by atoms with Gasteiger partial charge in [-0.15, -0.1) is 0 Å². The first-order chi connectivity index (χ1) is 9.32. The lowest BCUT2D eigenvalue weighted by atomic mass is 9.56. The summed E-state index contributed by atoms with van der Waals surface area (Å²) in [4.78, 5) is 11.3. The van der Waals surface area contributed by atoms with Crippen LogP contribution >= 0.6 is 0 Å². The van der Waals surface area contributed by atoms with Crippen LogP contribution in [-0.4, -0.2) is 16.7 Å². The largest absolute Gasteiger partial charge is 0.486 e. The Morgan fingerprint density at radius 1 is 1.35 bits per heavy atom. The molecular weight excluding hydrogens is 252 g/mol. The van der Waals surface area contributed by atoms with Crippen LogP contribution in [0.1, 0.15) is 56.0 Å². The van der Waals surface area contributed by atoms with E-state index >= 15 is 0 Å². The second kappa shape index (κ2) is 3.21. The van der Waals surface area contributed by atoms with Crippen LogP contribution < -0.4 is 4.74 Å². The number of carboxylic acids is 1. The Balaban J connectivity index is 1.97. The molecule has 0 radical (unpaired) electrons. The fourth-order valence-electron chi connectivity index (χ4n) is 5.32. The van der Waals surface area contributed by atoms with Gasteiger partial charge in [-0.1, -0.05) is 13.8 Å². The lowest BCUT2D eigenvalue weighted by Crippen LogP contribution is -2.54. The molecule has 3 heteroatoms. The molecule has 1 aromatic carbocycles. The third-order valence-corrected chi connectivity index (χ3v) is 6.81. The van der Waals surface area contributed by atoms with Crippen molar-refractivity contribution in [2.24, 2.45) is 11.3 Å². The van der Waals surface area contributed by atoms with Gasteiger partial charge in [0.2, 0.25) is 0 Å². The van der Waals surface area contributed by atoms with Crippen LogP contribution in [0, 0.1) is 11.3 Å². The van der Waals surface area contributed by atoms with Crippen molar-refractivity contribution in [1.82, 2.24) is 0 Å². The van der Waals surface area contributed by atoms with Gasteiger partial charge in [0.05, 0.1) is 5.56 Å². The number of ether oxygens (including phenoxy) is 1. The molecule has 3 aliphatic rings. The van der Waals surface area contributed by atoms with Gasteiger partial charge < -0.3 is 9.84 Å². The maximum atomic E-state index is 11.3. The number of aromatic carboxylic acids is 1. The van der Waals surface area contributed by atoms with Crippen molar-refractivity contribution in [1.29, 1.82) is 0 Å². The number of fused-ring (bicyclic) bond motifs is 7. The Bertz CT molecular complexity index is 637. The van der Waals surface area contributed by atoms with E-state index in [1.807, 2.05) is 12.1 Å². The minimum Gasteiger partial charge on any atom is -0.486 e. The topological polar surface area (TPSA) is 46.5 Å². The van der Waals surface area contributed by atoms with Gasteiger partial charge in [-0.2, -0.15) is 0 Å². The van der Waals surface area contributed by atoms with E-state index in [1.165, 1.54) is 19.3 Å². The van der Waals surface area contributed by atoms with Crippen molar-refractivity contribution < 1.29 is 14.6 Å². The molecule has 4 rings (SSSR count). The van der Waals surface area contributed by atoms with E-state index in [0.717, 1.165) is 11.3 Å². The maximum Gasteiger partial charge on any atom is 0.335 e. The zero-order valence-electron chi connectivity index (χ0n) is 12.2. The molecule has 1 heterocycles. The van der Waals surface area contributed by atoms with Gasteiger partial charge >= 0.3 is 5.97 Å². The highest BCUT2D eigenvalue weighted by atomic mass is 16.5. The molecule has 1 N–H and O–H groups in total. The zero-order chi connectivity index (χ0) is 14.3. The van der Waals surface area contributed by atoms with Gasteiger partial charge in [-0.3, -0.25) is 0 Å². The first-order valence-corrected chi connectivity index (χ1v) is 7.39. The van der Waals surface area contributed by atoms with E-state index < -0.39 is 5.97 Å². The molecule has 2 fully saturated rings. The molecule has 2 bridgehead atoms. The van der Waals surface area contributed by atoms with Crippen molar-refractivity contribution >= 4 is 5.97 Å². The third-order valence-electron chi connectivity index (χ3n) is 6.81. The molecule has 0 saturated heterocycles. The maximum absolute atomic E-state index is 11.3. The highest BCUT2D eigenvalue weighted by molar-refractivity contribution is 5.88. The van der Waals surface area contributed by atoms with Crippen LogP contribution in [0.5, 0.6) is 5.75 Å². The van der Waals surface area contributed by atoms with E-state index in [4.69, 9.17) is 4.74 Å². The summed E-state index contributed by atoms with van der Waals surface area (Å²) in [5.41, 5.74) is 1.42. The van der Waals surface area contributed by atoms with Crippen molar-refractivity contribution in [3.63, 3.8) is 0 Å². The summed E-state index contributed by atoms with van der Waals surface area (Å²) in [6.07, 6.45) is 3.63. The molecule has 0 aromatic heterocycles. The molecule has 0 spiro atoms. The Hall–Kier alpha value is -1.51. The molecule has 4 atom stereocenters. The predicted molar refractivity (Wildman–Crippen MR) is 75.2 cm³/mol. The molecular formula is C17H20O3. The van der Waals surface area contributed by atoms with E-state index in [2.05, 4.69) is 20.8 Å². The van der Waals surface area contributed by atoms with Gasteiger partial charge in [0.1, 0.15) is 11.4 Å². The van der Waals surface area contributed by atoms with Crippen LogP contribution in [0.25, 0.3) is 0 Å². The SMILES string of the molecule is CC12CCC(C1)C1(C)Oc3ccc(C(=O)O)cc3C21C. The highest BCUT2D eigenvalue weighted by Gasteiger charge is 2.73. The molecule has 1 aromatic rings. The van der Waals surface area contributed by atoms with Gasteiger partial charge in [0.25, 0.3) is 0 Å². The fourth-order valence-corrected chi connectivity index (χ4v) is 5.32. The Morgan fingerprint density at radius 2 is 2.10 bits per heavy atom. The van der Waals surface area contributed by atoms with E-state index in [9.17, 15) is 9.90 Å². The Labute approximate surface area is 118 Å². The summed E-state index contributed by atoms with van der Waals surface area (Å²) in [5.74, 6) is 0.606. The Kier molecular flexibility index (Phi) is 1.97. The number of carboxylic acid groups (broad SMARTS) is 1. The second-order valence-electron chi connectivity index (χ2n) is 7.35. The van der Waals surface area contributed by atoms with Crippen LogP contribution in [0.3, 0.4) is 0 Å². The van der Waals surface area contributed by atoms with E-state index in [1.54, 1.807) is 6.07 Å². The molecule has 2 saturated carbocycles. The average molecular weight is 272 g/mol. The fraction of sp³-hybridized carbons (Fsp3) is 0.588. The quantitative estimate of drug-likeness (QED) is 0.849. The minimum absolute atomic E-state index is 0.0797. The first kappa shape index (κ1) is 12.2. The summed E-state index contributed by atoms with van der Waals surface area (Å²) in [6, 6.07) is 5.34. The lowest BCUT2D eigenvalue weighted by molar-refractivity contribution is -0.0260. The monoisotopic (exact) mass is 272 g/mol. The molecule has 3 nitrogen and oxygen atoms in total. The number of rotatable bonds is 1. The smallest absolute Gasteiger partial charge is 0.335 e. The summed E-state index contributed by atoms with van der Waals surface area (Å²) >= 11 is 0. The minimum atomic E-state index is -0.863. The van der Waals surface area contributed by atoms with Crippen LogP contribution in [-0.2, 0) is 5.41 Å². The molecule has 106 valence electrons. The standard InChI is InChI=1S/C17H20O3/c1-15-7-6-11(9-15)17(3)16(15,2)12-8-10(14(18)19)4-5-13(12)20-17/h4-5,8,11H,6-7,9H2,1-3H3,(H,18,19). The molecule has 2 aliphatic carbocycles. The van der Waals surface area contributed by atoms with E-state index in [-0.39, 0.29) is 16.4 Å². The van der Waals surface area contributed by atoms with E-state index in [0.29, 0.717) is 11.5 Å².